The number of rotatable bonds is 5. The van der Waals surface area contributed by atoms with Crippen LogP contribution in [-0.2, 0) is 4.79 Å². The third-order valence-corrected chi connectivity index (χ3v) is 7.46. The number of piperidine rings is 1. The minimum atomic E-state index is -0.253. The molecule has 2 saturated heterocycles. The van der Waals surface area contributed by atoms with Crippen LogP contribution in [-0.4, -0.2) is 47.2 Å². The lowest BCUT2D eigenvalue weighted by atomic mass is 9.95. The molecule has 0 radical (unpaired) electrons. The zero-order chi connectivity index (χ0) is 24.5. The number of allylic oxidation sites excluding steroid dienone is 3. The van der Waals surface area contributed by atoms with E-state index in [-0.39, 0.29) is 17.8 Å². The number of hydrogen-bond acceptors (Lipinski definition) is 5. The smallest absolute Gasteiger partial charge is 0.255 e. The van der Waals surface area contributed by atoms with E-state index in [0.29, 0.717) is 28.9 Å². The molecule has 3 aliphatic rings. The molecule has 6 nitrogen and oxygen atoms in total. The van der Waals surface area contributed by atoms with Crippen molar-refractivity contribution in [3.63, 3.8) is 0 Å². The third kappa shape index (κ3) is 4.56. The van der Waals surface area contributed by atoms with Crippen LogP contribution in [0.15, 0.2) is 66.2 Å². The van der Waals surface area contributed by atoms with Crippen LogP contribution in [0.25, 0.3) is 16.8 Å². The number of aryl methyl sites for hydroxylation is 1. The third-order valence-electron chi connectivity index (χ3n) is 7.46. The van der Waals surface area contributed by atoms with Crippen molar-refractivity contribution in [3.8, 4) is 11.3 Å². The van der Waals surface area contributed by atoms with Gasteiger partial charge in [-0.15, -0.1) is 0 Å². The monoisotopic (exact) mass is 471 g/mol. The van der Waals surface area contributed by atoms with Gasteiger partial charge in [0.25, 0.3) is 5.91 Å². The number of aromatic nitrogens is 1. The number of fused-ring (bicyclic) bond motifs is 2. The topological polar surface area (TPSA) is 81.1 Å². The zero-order valence-electron chi connectivity index (χ0n) is 20.0. The summed E-state index contributed by atoms with van der Waals surface area (Å²) < 4.78 is 13.8. The standard InChI is InChI=1S/C28H30FN5O/c1-17-12-19(5-8-25(17)29)27-23(4-3-10-32-27)18-9-11-31-26(13-18)24(16-30)28(35)33-20-14-21-6-7-22(15-20)34(21)2/h3-5,8-13,16,20-22,30-31H,6-7,14-15H2,1-2H3,(H,33,35)/b26-24+,30-16?. The molecule has 1 amide bonds. The minimum absolute atomic E-state index is 0.126. The zero-order valence-corrected chi connectivity index (χ0v) is 20.0. The predicted octanol–water partition coefficient (Wildman–Crippen LogP) is 4.34. The minimum Gasteiger partial charge on any atom is -0.361 e. The van der Waals surface area contributed by atoms with E-state index in [1.165, 1.54) is 18.9 Å². The van der Waals surface area contributed by atoms with Gasteiger partial charge in [-0.1, -0.05) is 6.07 Å². The molecular formula is C28H30FN5O. The van der Waals surface area contributed by atoms with E-state index < -0.39 is 0 Å². The number of hydrogen-bond donors (Lipinski definition) is 3. The Morgan fingerprint density at radius 1 is 1.26 bits per heavy atom. The van der Waals surface area contributed by atoms with Gasteiger partial charge in [0, 0.05) is 47.9 Å². The molecule has 2 fully saturated rings. The maximum absolute atomic E-state index is 13.8. The van der Waals surface area contributed by atoms with Crippen LogP contribution in [0.3, 0.4) is 0 Å². The number of amides is 1. The molecule has 0 aliphatic carbocycles. The summed E-state index contributed by atoms with van der Waals surface area (Å²) in [6.07, 6.45) is 12.6. The highest BCUT2D eigenvalue weighted by atomic mass is 19.1. The highest BCUT2D eigenvalue weighted by Gasteiger charge is 2.39. The Balaban J connectivity index is 1.43. The fraction of sp³-hybridized carbons (Fsp3) is 0.321. The predicted molar refractivity (Wildman–Crippen MR) is 136 cm³/mol. The Labute approximate surface area is 205 Å². The van der Waals surface area contributed by atoms with Crippen molar-refractivity contribution >= 4 is 17.7 Å². The Bertz CT molecular complexity index is 1250. The van der Waals surface area contributed by atoms with Gasteiger partial charge in [-0.2, -0.15) is 0 Å². The molecule has 1 aromatic carbocycles. The molecule has 35 heavy (non-hydrogen) atoms. The fourth-order valence-electron chi connectivity index (χ4n) is 5.51. The molecule has 0 spiro atoms. The summed E-state index contributed by atoms with van der Waals surface area (Å²) in [4.78, 5) is 20.2. The number of pyridine rings is 1. The number of halogens is 1. The lowest BCUT2D eigenvalue weighted by molar-refractivity contribution is -0.118. The molecule has 4 heterocycles. The SMILES string of the molecule is Cc1cc(-c2ncccc2C2=C/C(=C(/C=N)C(=O)NC3CC4CCC(C3)N4C)NC=C2)ccc1F. The summed E-state index contributed by atoms with van der Waals surface area (Å²) in [5.74, 6) is -0.486. The van der Waals surface area contributed by atoms with Crippen LogP contribution in [0.4, 0.5) is 4.39 Å². The maximum atomic E-state index is 13.8. The van der Waals surface area contributed by atoms with Gasteiger partial charge in [0.05, 0.1) is 17.0 Å². The Kier molecular flexibility index (Phi) is 6.34. The first-order chi connectivity index (χ1) is 16.9. The quantitative estimate of drug-likeness (QED) is 0.448. The second-order valence-electron chi connectivity index (χ2n) is 9.60. The van der Waals surface area contributed by atoms with E-state index in [1.807, 2.05) is 24.3 Å². The average molecular weight is 472 g/mol. The average Bonchev–Trinajstić information content (AvgIpc) is 3.06. The van der Waals surface area contributed by atoms with Crippen molar-refractivity contribution in [1.29, 1.82) is 5.41 Å². The Morgan fingerprint density at radius 3 is 2.74 bits per heavy atom. The van der Waals surface area contributed by atoms with Crippen molar-refractivity contribution < 1.29 is 9.18 Å². The van der Waals surface area contributed by atoms with E-state index >= 15 is 0 Å². The number of nitrogens with one attached hydrogen (secondary N) is 3. The summed E-state index contributed by atoms with van der Waals surface area (Å²) in [6.45, 7) is 1.73. The number of carbonyl (C=O) groups is 1. The van der Waals surface area contributed by atoms with Crippen LogP contribution in [0.2, 0.25) is 0 Å². The van der Waals surface area contributed by atoms with Crippen LogP contribution < -0.4 is 10.6 Å². The van der Waals surface area contributed by atoms with Crippen LogP contribution in [0.1, 0.15) is 36.8 Å². The van der Waals surface area contributed by atoms with Crippen molar-refractivity contribution in [1.82, 2.24) is 20.5 Å². The second kappa shape index (κ2) is 9.58. The first-order valence-electron chi connectivity index (χ1n) is 12.1. The van der Waals surface area contributed by atoms with E-state index in [9.17, 15) is 9.18 Å². The molecule has 7 heteroatoms. The normalized spacial score (nSPS) is 25.0. The van der Waals surface area contributed by atoms with Gasteiger partial charge in [-0.3, -0.25) is 9.78 Å². The number of dihydropyridines is 1. The van der Waals surface area contributed by atoms with E-state index in [0.717, 1.165) is 41.5 Å². The molecule has 0 saturated carbocycles. The van der Waals surface area contributed by atoms with Gasteiger partial charge in [0.15, 0.2) is 0 Å². The largest absolute Gasteiger partial charge is 0.361 e. The lowest BCUT2D eigenvalue weighted by Crippen LogP contribution is -2.49. The molecule has 3 aliphatic heterocycles. The van der Waals surface area contributed by atoms with Crippen LogP contribution >= 0.6 is 0 Å². The van der Waals surface area contributed by atoms with Gasteiger partial charge < -0.3 is 20.9 Å². The van der Waals surface area contributed by atoms with Crippen molar-refractivity contribution in [2.75, 3.05) is 7.05 Å². The van der Waals surface area contributed by atoms with Gasteiger partial charge in [-0.05, 0) is 87.2 Å². The van der Waals surface area contributed by atoms with Crippen LogP contribution in [0, 0.1) is 18.2 Å². The molecule has 2 unspecified atom stereocenters. The summed E-state index contributed by atoms with van der Waals surface area (Å²) in [6, 6.07) is 9.95. The fourth-order valence-corrected chi connectivity index (χ4v) is 5.51. The number of benzene rings is 1. The first-order valence-corrected chi connectivity index (χ1v) is 12.1. The van der Waals surface area contributed by atoms with Gasteiger partial charge >= 0.3 is 0 Å². The molecule has 2 aromatic rings. The number of carbonyl (C=O) groups excluding carboxylic acids is 1. The Hall–Kier alpha value is -3.58. The van der Waals surface area contributed by atoms with Gasteiger partial charge in [0.1, 0.15) is 5.82 Å². The summed E-state index contributed by atoms with van der Waals surface area (Å²) in [5, 5.41) is 14.3. The van der Waals surface area contributed by atoms with E-state index in [1.54, 1.807) is 31.5 Å². The lowest BCUT2D eigenvalue weighted by Gasteiger charge is -2.36. The first kappa shape index (κ1) is 23.2. The second-order valence-corrected chi connectivity index (χ2v) is 9.60. The molecule has 2 atom stereocenters. The van der Waals surface area contributed by atoms with Crippen molar-refractivity contribution in [3.05, 3.63) is 83.1 Å². The summed E-state index contributed by atoms with van der Waals surface area (Å²) in [5.41, 5.74) is 4.69. The number of nitrogens with zero attached hydrogens (tertiary/aromatic N) is 2. The van der Waals surface area contributed by atoms with E-state index in [4.69, 9.17) is 5.41 Å². The van der Waals surface area contributed by atoms with Crippen molar-refractivity contribution in [2.24, 2.45) is 0 Å². The molecule has 5 rings (SSSR count). The Morgan fingerprint density at radius 2 is 2.03 bits per heavy atom. The molecule has 3 N–H and O–H groups in total. The maximum Gasteiger partial charge on any atom is 0.255 e. The van der Waals surface area contributed by atoms with Gasteiger partial charge in [0.2, 0.25) is 0 Å². The van der Waals surface area contributed by atoms with Crippen LogP contribution in [0.5, 0.6) is 0 Å². The molecular weight excluding hydrogens is 441 g/mol. The highest BCUT2D eigenvalue weighted by Crippen LogP contribution is 2.34. The molecule has 180 valence electrons. The van der Waals surface area contributed by atoms with Crippen molar-refractivity contribution in [2.45, 2.75) is 50.7 Å². The molecule has 2 bridgehead atoms. The van der Waals surface area contributed by atoms with E-state index in [2.05, 4.69) is 27.6 Å². The summed E-state index contributed by atoms with van der Waals surface area (Å²) >= 11 is 0. The molecule has 1 aromatic heterocycles. The highest BCUT2D eigenvalue weighted by molar-refractivity contribution is 6.13. The summed E-state index contributed by atoms with van der Waals surface area (Å²) in [7, 11) is 2.18. The van der Waals surface area contributed by atoms with Gasteiger partial charge in [-0.25, -0.2) is 4.39 Å².